The summed E-state index contributed by atoms with van der Waals surface area (Å²) in [6.07, 6.45) is 2.00. The molecule has 5 nitrogen and oxygen atoms in total. The van der Waals surface area contributed by atoms with Gasteiger partial charge in [-0.2, -0.15) is 0 Å². The van der Waals surface area contributed by atoms with Gasteiger partial charge >= 0.3 is 0 Å². The molecule has 4 rings (SSSR count). The number of hydrogen-bond acceptors (Lipinski definition) is 3. The Labute approximate surface area is 193 Å². The maximum atomic E-state index is 12.7. The zero-order valence-electron chi connectivity index (χ0n) is 19.1. The first kappa shape index (κ1) is 22.3. The fraction of sp³-hybridized carbons (Fsp3) is 0.214. The number of anilines is 1. The predicted molar refractivity (Wildman–Crippen MR) is 133 cm³/mol. The van der Waals surface area contributed by atoms with Crippen LogP contribution < -0.4 is 10.6 Å². The van der Waals surface area contributed by atoms with Crippen LogP contribution in [-0.4, -0.2) is 17.9 Å². The van der Waals surface area contributed by atoms with Crippen LogP contribution in [0.25, 0.3) is 22.1 Å². The van der Waals surface area contributed by atoms with Gasteiger partial charge in [-0.25, -0.2) is 0 Å². The fourth-order valence-corrected chi connectivity index (χ4v) is 3.95. The first-order valence-electron chi connectivity index (χ1n) is 11.3. The summed E-state index contributed by atoms with van der Waals surface area (Å²) in [5, 5.41) is 6.87. The Hall–Kier alpha value is -3.86. The number of para-hydroxylation sites is 1. The molecule has 4 aromatic rings. The van der Waals surface area contributed by atoms with Crippen LogP contribution in [0.3, 0.4) is 0 Å². The molecular formula is C28H28N2O3. The van der Waals surface area contributed by atoms with Gasteiger partial charge in [-0.05, 0) is 61.7 Å². The van der Waals surface area contributed by atoms with E-state index in [1.54, 1.807) is 0 Å². The predicted octanol–water partition coefficient (Wildman–Crippen LogP) is 6.58. The Bertz CT molecular complexity index is 1270. The van der Waals surface area contributed by atoms with Crippen LogP contribution in [0, 0.1) is 6.92 Å². The van der Waals surface area contributed by atoms with Crippen LogP contribution in [0.2, 0.25) is 0 Å². The second-order valence-electron chi connectivity index (χ2n) is 8.32. The lowest BCUT2D eigenvalue weighted by molar-refractivity contribution is 0.0937. The van der Waals surface area contributed by atoms with E-state index in [0.29, 0.717) is 22.6 Å². The van der Waals surface area contributed by atoms with Crippen LogP contribution in [0.4, 0.5) is 5.69 Å². The highest BCUT2D eigenvalue weighted by molar-refractivity contribution is 6.06. The third-order valence-electron chi connectivity index (χ3n) is 5.77. The summed E-state index contributed by atoms with van der Waals surface area (Å²) < 4.78 is 5.75. The molecule has 1 atom stereocenters. The molecular weight excluding hydrogens is 412 g/mol. The maximum Gasteiger partial charge on any atom is 0.291 e. The van der Waals surface area contributed by atoms with E-state index >= 15 is 0 Å². The monoisotopic (exact) mass is 440 g/mol. The van der Waals surface area contributed by atoms with Crippen LogP contribution >= 0.6 is 0 Å². The normalized spacial score (nSPS) is 11.8. The molecule has 0 aliphatic carbocycles. The van der Waals surface area contributed by atoms with Crippen molar-refractivity contribution < 1.29 is 14.0 Å². The van der Waals surface area contributed by atoms with Gasteiger partial charge in [-0.1, -0.05) is 55.8 Å². The number of hydrogen-bond donors (Lipinski definition) is 2. The summed E-state index contributed by atoms with van der Waals surface area (Å²) in [4.78, 5) is 25.1. The van der Waals surface area contributed by atoms with E-state index in [1.807, 2.05) is 86.6 Å². The highest BCUT2D eigenvalue weighted by Gasteiger charge is 2.17. The lowest BCUT2D eigenvalue weighted by Crippen LogP contribution is -2.32. The highest BCUT2D eigenvalue weighted by atomic mass is 16.3. The minimum atomic E-state index is -0.274. The molecule has 1 heterocycles. The molecule has 168 valence electrons. The fourth-order valence-electron chi connectivity index (χ4n) is 3.95. The quantitative estimate of drug-likeness (QED) is 0.341. The molecule has 0 radical (unpaired) electrons. The van der Waals surface area contributed by atoms with E-state index in [-0.39, 0.29) is 17.9 Å². The molecule has 2 N–H and O–H groups in total. The number of aryl methyl sites for hydroxylation is 1. The minimum absolute atomic E-state index is 0.0542. The summed E-state index contributed by atoms with van der Waals surface area (Å²) in [5.41, 5.74) is 4.86. The van der Waals surface area contributed by atoms with E-state index in [4.69, 9.17) is 4.42 Å². The van der Waals surface area contributed by atoms with E-state index in [2.05, 4.69) is 17.6 Å². The van der Waals surface area contributed by atoms with Crippen molar-refractivity contribution in [1.29, 1.82) is 0 Å². The Morgan fingerprint density at radius 2 is 1.52 bits per heavy atom. The molecule has 5 heteroatoms. The number of carbonyl (C=O) groups is 2. The number of amides is 2. The number of fused-ring (bicyclic) bond motifs is 1. The number of benzene rings is 3. The highest BCUT2D eigenvalue weighted by Crippen LogP contribution is 2.26. The number of nitrogens with one attached hydrogen (secondary N) is 2. The van der Waals surface area contributed by atoms with E-state index in [1.165, 1.54) is 0 Å². The molecule has 2 amide bonds. The van der Waals surface area contributed by atoms with Gasteiger partial charge in [0, 0.05) is 28.2 Å². The molecule has 1 unspecified atom stereocenters. The molecule has 1 aromatic heterocycles. The van der Waals surface area contributed by atoms with Crippen molar-refractivity contribution in [2.75, 3.05) is 5.32 Å². The average Bonchev–Trinajstić information content (AvgIpc) is 3.16. The van der Waals surface area contributed by atoms with Gasteiger partial charge < -0.3 is 15.1 Å². The zero-order valence-corrected chi connectivity index (χ0v) is 19.1. The van der Waals surface area contributed by atoms with Gasteiger partial charge in [0.05, 0.1) is 0 Å². The molecule has 0 aliphatic rings. The van der Waals surface area contributed by atoms with Gasteiger partial charge in [-0.3, -0.25) is 9.59 Å². The number of furan rings is 1. The number of carbonyl (C=O) groups excluding carboxylic acids is 2. The second-order valence-corrected chi connectivity index (χ2v) is 8.32. The molecule has 0 aliphatic heterocycles. The summed E-state index contributed by atoms with van der Waals surface area (Å²) >= 11 is 0. The Kier molecular flexibility index (Phi) is 6.59. The molecule has 0 fully saturated rings. The maximum absolute atomic E-state index is 12.7. The van der Waals surface area contributed by atoms with E-state index in [0.717, 1.165) is 34.9 Å². The topological polar surface area (TPSA) is 71.3 Å². The lowest BCUT2D eigenvalue weighted by Gasteiger charge is -2.13. The van der Waals surface area contributed by atoms with Crippen LogP contribution in [0.5, 0.6) is 0 Å². The largest absolute Gasteiger partial charge is 0.451 e. The van der Waals surface area contributed by atoms with Gasteiger partial charge in [-0.15, -0.1) is 0 Å². The Morgan fingerprint density at radius 1 is 0.879 bits per heavy atom. The van der Waals surface area contributed by atoms with Crippen molar-refractivity contribution >= 4 is 28.5 Å². The van der Waals surface area contributed by atoms with Crippen LogP contribution in [-0.2, 0) is 0 Å². The Morgan fingerprint density at radius 3 is 2.15 bits per heavy atom. The molecule has 0 saturated heterocycles. The smallest absolute Gasteiger partial charge is 0.291 e. The van der Waals surface area contributed by atoms with Crippen molar-refractivity contribution in [2.24, 2.45) is 0 Å². The average molecular weight is 441 g/mol. The van der Waals surface area contributed by atoms with Crippen molar-refractivity contribution in [3.05, 3.63) is 89.7 Å². The van der Waals surface area contributed by atoms with Crippen molar-refractivity contribution in [3.63, 3.8) is 0 Å². The molecule has 3 aromatic carbocycles. The van der Waals surface area contributed by atoms with Gasteiger partial charge in [0.2, 0.25) is 0 Å². The van der Waals surface area contributed by atoms with Gasteiger partial charge in [0.15, 0.2) is 5.76 Å². The van der Waals surface area contributed by atoms with Crippen molar-refractivity contribution in [1.82, 2.24) is 5.32 Å². The SMILES string of the molecule is CCCC(C)NC(=O)c1ccc(-c2ccc(NC(=O)c3oc4ccccc4c3C)cc2)cc1. The summed E-state index contributed by atoms with van der Waals surface area (Å²) in [6.45, 7) is 6.01. The summed E-state index contributed by atoms with van der Waals surface area (Å²) in [7, 11) is 0. The minimum Gasteiger partial charge on any atom is -0.451 e. The van der Waals surface area contributed by atoms with E-state index < -0.39 is 0 Å². The first-order chi connectivity index (χ1) is 16.0. The third-order valence-corrected chi connectivity index (χ3v) is 5.77. The Balaban J connectivity index is 1.43. The number of rotatable bonds is 7. The van der Waals surface area contributed by atoms with Gasteiger partial charge in [0.25, 0.3) is 11.8 Å². The van der Waals surface area contributed by atoms with Gasteiger partial charge in [0.1, 0.15) is 5.58 Å². The summed E-state index contributed by atoms with van der Waals surface area (Å²) in [6, 6.07) is 22.9. The second kappa shape index (κ2) is 9.74. The van der Waals surface area contributed by atoms with Crippen LogP contribution in [0.1, 0.15) is 53.2 Å². The standard InChI is InChI=1S/C28H28N2O3/c1-4-7-18(2)29-27(31)22-12-10-20(11-13-22)21-14-16-23(17-15-21)30-28(32)26-19(3)24-8-5-6-9-25(24)33-26/h5-6,8-18H,4,7H2,1-3H3,(H,29,31)(H,30,32). The molecule has 0 spiro atoms. The van der Waals surface area contributed by atoms with E-state index in [9.17, 15) is 9.59 Å². The molecule has 33 heavy (non-hydrogen) atoms. The van der Waals surface area contributed by atoms with Crippen LogP contribution in [0.15, 0.2) is 77.2 Å². The van der Waals surface area contributed by atoms with Crippen molar-refractivity contribution in [2.45, 2.75) is 39.7 Å². The van der Waals surface area contributed by atoms with Crippen molar-refractivity contribution in [3.8, 4) is 11.1 Å². The third kappa shape index (κ3) is 4.98. The molecule has 0 bridgehead atoms. The zero-order chi connectivity index (χ0) is 23.4. The summed E-state index contributed by atoms with van der Waals surface area (Å²) in [5.74, 6) is -0.00652. The lowest BCUT2D eigenvalue weighted by atomic mass is 10.0. The molecule has 0 saturated carbocycles. The first-order valence-corrected chi connectivity index (χ1v) is 11.3.